The van der Waals surface area contributed by atoms with Gasteiger partial charge in [-0.15, -0.1) is 0 Å². The number of ether oxygens (including phenoxy) is 1. The van der Waals surface area contributed by atoms with Gasteiger partial charge in [0.2, 0.25) is 0 Å². The maximum absolute atomic E-state index is 13.6. The molecule has 3 fully saturated rings. The lowest BCUT2D eigenvalue weighted by Crippen LogP contribution is -2.60. The number of methoxy groups -OCH3 is 1. The van der Waals surface area contributed by atoms with Crippen LogP contribution >= 0.6 is 0 Å². The average Bonchev–Trinajstić information content (AvgIpc) is 3.34. The molecule has 3 aliphatic heterocycles. The molecule has 0 unspecified atom stereocenters. The second kappa shape index (κ2) is 8.07. The Morgan fingerprint density at radius 2 is 2.03 bits per heavy atom. The number of benzene rings is 1. The number of rotatable bonds is 3. The number of carbonyl (C=O) groups excluding carboxylic acids is 1. The van der Waals surface area contributed by atoms with Crippen LogP contribution in [0.1, 0.15) is 49.0 Å². The van der Waals surface area contributed by atoms with Crippen LogP contribution in [0, 0.1) is 11.8 Å². The highest BCUT2D eigenvalue weighted by molar-refractivity contribution is 5.94. The highest BCUT2D eigenvalue weighted by Gasteiger charge is 2.47. The van der Waals surface area contributed by atoms with Crippen molar-refractivity contribution in [2.45, 2.75) is 50.6 Å². The Hall–Kier alpha value is -2.60. The number of nitrogens with zero attached hydrogens (tertiary/aromatic N) is 3. The summed E-state index contributed by atoms with van der Waals surface area (Å²) in [6.07, 6.45) is 10.0. The summed E-state index contributed by atoms with van der Waals surface area (Å²) < 4.78 is 5.25. The third-order valence-corrected chi connectivity index (χ3v) is 8.11. The predicted octanol–water partition coefficient (Wildman–Crippen LogP) is 4.12. The normalized spacial score (nSPS) is 29.7. The summed E-state index contributed by atoms with van der Waals surface area (Å²) in [5.41, 5.74) is 3.88. The summed E-state index contributed by atoms with van der Waals surface area (Å²) in [4.78, 5) is 18.5. The van der Waals surface area contributed by atoms with Gasteiger partial charge in [0.1, 0.15) is 11.4 Å². The fourth-order valence-electron chi connectivity index (χ4n) is 6.70. The van der Waals surface area contributed by atoms with E-state index in [-0.39, 0.29) is 11.9 Å². The van der Waals surface area contributed by atoms with E-state index in [4.69, 9.17) is 4.74 Å². The van der Waals surface area contributed by atoms with E-state index in [1.165, 1.54) is 37.8 Å². The predicted molar refractivity (Wildman–Crippen MR) is 124 cm³/mol. The van der Waals surface area contributed by atoms with Crippen molar-refractivity contribution in [3.05, 3.63) is 47.7 Å². The number of carbonyl (C=O) groups is 1. The van der Waals surface area contributed by atoms with Crippen molar-refractivity contribution in [1.29, 1.82) is 0 Å². The maximum atomic E-state index is 13.6. The number of H-pyrrole nitrogens is 1. The lowest BCUT2D eigenvalue weighted by molar-refractivity contribution is 0.00131. The van der Waals surface area contributed by atoms with Crippen LogP contribution in [0.3, 0.4) is 0 Å². The molecule has 1 aromatic carbocycles. The third-order valence-electron chi connectivity index (χ3n) is 8.11. The Morgan fingerprint density at radius 1 is 1.16 bits per heavy atom. The molecule has 1 amide bonds. The molecule has 2 aromatic rings. The summed E-state index contributed by atoms with van der Waals surface area (Å²) in [6.45, 7) is 3.21. The lowest BCUT2D eigenvalue weighted by atomic mass is 9.68. The van der Waals surface area contributed by atoms with Crippen LogP contribution in [0.25, 0.3) is 11.3 Å². The average molecular weight is 433 g/mol. The fourth-order valence-corrected chi connectivity index (χ4v) is 6.70. The maximum Gasteiger partial charge on any atom is 0.272 e. The number of aromatic amines is 1. The van der Waals surface area contributed by atoms with Gasteiger partial charge in [-0.25, -0.2) is 0 Å². The Labute approximate surface area is 189 Å². The number of likely N-dealkylation sites (tertiary alicyclic amines) is 1. The zero-order chi connectivity index (χ0) is 21.7. The van der Waals surface area contributed by atoms with Gasteiger partial charge in [-0.3, -0.25) is 14.8 Å². The zero-order valence-electron chi connectivity index (χ0n) is 18.8. The van der Waals surface area contributed by atoms with Crippen LogP contribution in [-0.4, -0.2) is 64.7 Å². The summed E-state index contributed by atoms with van der Waals surface area (Å²) in [7, 11) is 1.66. The highest BCUT2D eigenvalue weighted by atomic mass is 16.5. The zero-order valence-corrected chi connectivity index (χ0v) is 18.8. The molecule has 32 heavy (non-hydrogen) atoms. The minimum Gasteiger partial charge on any atom is -0.497 e. The second-order valence-electron chi connectivity index (χ2n) is 9.90. The molecule has 3 saturated heterocycles. The Bertz CT molecular complexity index is 1030. The summed E-state index contributed by atoms with van der Waals surface area (Å²) in [5.74, 6) is 2.14. The van der Waals surface area contributed by atoms with Gasteiger partial charge in [0.15, 0.2) is 0 Å². The number of hydrogen-bond donors (Lipinski definition) is 1. The third kappa shape index (κ3) is 3.36. The standard InChI is InChI=1S/C26H32N4O2/c1-32-21-9-7-17(8-10-21)22-15-23(28-27-22)26(31)30-12-4-5-18-13-19-14-20(25(18)30)16-29-11-3-2-6-24(19)29/h7-10,13,15,19-20,24-25H,2-6,11-12,14,16H2,1H3,(H,27,28)/t19-,20+,24-,25-/m1/s1. The van der Waals surface area contributed by atoms with E-state index < -0.39 is 0 Å². The van der Waals surface area contributed by atoms with Gasteiger partial charge >= 0.3 is 0 Å². The Kier molecular flexibility index (Phi) is 5.05. The molecule has 168 valence electrons. The van der Waals surface area contributed by atoms with Crippen molar-refractivity contribution in [3.63, 3.8) is 0 Å². The van der Waals surface area contributed by atoms with Gasteiger partial charge in [-0.05, 0) is 80.8 Å². The van der Waals surface area contributed by atoms with Crippen LogP contribution in [0.4, 0.5) is 0 Å². The summed E-state index contributed by atoms with van der Waals surface area (Å²) in [6, 6.07) is 10.7. The Morgan fingerprint density at radius 3 is 2.88 bits per heavy atom. The first kappa shape index (κ1) is 20.0. The van der Waals surface area contributed by atoms with Crippen LogP contribution in [0.5, 0.6) is 5.75 Å². The minimum absolute atomic E-state index is 0.0899. The van der Waals surface area contributed by atoms with Gasteiger partial charge in [0.25, 0.3) is 5.91 Å². The number of amides is 1. The first-order chi connectivity index (χ1) is 15.7. The number of hydrogen-bond acceptors (Lipinski definition) is 4. The van der Waals surface area contributed by atoms with E-state index in [2.05, 4.69) is 26.1 Å². The SMILES string of the molecule is COc1ccc(-c2cc(C(=O)N3CCCC4=C[C@@H]5C[C@@H](CN6CCCC[C@H]56)[C@@H]43)[nH]n2)cc1. The fraction of sp³-hybridized carbons (Fsp3) is 0.538. The molecule has 1 N–H and O–H groups in total. The molecule has 0 radical (unpaired) electrons. The smallest absolute Gasteiger partial charge is 0.272 e. The first-order valence-electron chi connectivity index (χ1n) is 12.2. The first-order valence-corrected chi connectivity index (χ1v) is 12.2. The van der Waals surface area contributed by atoms with E-state index in [1.807, 2.05) is 30.3 Å². The van der Waals surface area contributed by atoms with Crippen LogP contribution in [0.15, 0.2) is 42.0 Å². The molecular weight excluding hydrogens is 400 g/mol. The van der Waals surface area contributed by atoms with E-state index in [1.54, 1.807) is 7.11 Å². The lowest BCUT2D eigenvalue weighted by Gasteiger charge is -2.54. The van der Waals surface area contributed by atoms with Gasteiger partial charge in [-0.1, -0.05) is 18.1 Å². The molecule has 4 heterocycles. The quantitative estimate of drug-likeness (QED) is 0.741. The second-order valence-corrected chi connectivity index (χ2v) is 9.90. The van der Waals surface area contributed by atoms with E-state index in [0.29, 0.717) is 17.5 Å². The molecule has 6 rings (SSSR count). The van der Waals surface area contributed by atoms with Gasteiger partial charge in [0, 0.05) is 24.7 Å². The van der Waals surface area contributed by atoms with Crippen LogP contribution in [0.2, 0.25) is 0 Å². The topological polar surface area (TPSA) is 61.5 Å². The van der Waals surface area contributed by atoms with Crippen molar-refractivity contribution in [2.75, 3.05) is 26.7 Å². The molecule has 0 spiro atoms. The van der Waals surface area contributed by atoms with Gasteiger partial charge in [0.05, 0.1) is 18.8 Å². The molecule has 1 aliphatic carbocycles. The summed E-state index contributed by atoms with van der Waals surface area (Å²) >= 11 is 0. The molecule has 6 heteroatoms. The Balaban J connectivity index is 1.25. The molecule has 4 aliphatic rings. The molecular formula is C26H32N4O2. The molecule has 1 aromatic heterocycles. The van der Waals surface area contributed by atoms with Crippen molar-refractivity contribution < 1.29 is 9.53 Å². The summed E-state index contributed by atoms with van der Waals surface area (Å²) in [5, 5.41) is 7.47. The van der Waals surface area contributed by atoms with Crippen molar-refractivity contribution in [2.24, 2.45) is 11.8 Å². The largest absolute Gasteiger partial charge is 0.497 e. The van der Waals surface area contributed by atoms with Gasteiger partial charge in [-0.2, -0.15) is 5.10 Å². The number of fused-ring (bicyclic) bond motifs is 6. The van der Waals surface area contributed by atoms with E-state index in [9.17, 15) is 4.79 Å². The van der Waals surface area contributed by atoms with Crippen LogP contribution in [-0.2, 0) is 0 Å². The highest BCUT2D eigenvalue weighted by Crippen LogP contribution is 2.45. The number of piperidine rings is 3. The molecule has 4 atom stereocenters. The molecule has 2 bridgehead atoms. The monoisotopic (exact) mass is 432 g/mol. The number of aromatic nitrogens is 2. The minimum atomic E-state index is 0.0899. The van der Waals surface area contributed by atoms with Crippen molar-refractivity contribution in [1.82, 2.24) is 20.0 Å². The van der Waals surface area contributed by atoms with E-state index in [0.717, 1.165) is 49.0 Å². The van der Waals surface area contributed by atoms with Crippen molar-refractivity contribution >= 4 is 5.91 Å². The van der Waals surface area contributed by atoms with Crippen LogP contribution < -0.4 is 4.74 Å². The van der Waals surface area contributed by atoms with Crippen molar-refractivity contribution in [3.8, 4) is 17.0 Å². The molecule has 6 nitrogen and oxygen atoms in total. The van der Waals surface area contributed by atoms with E-state index >= 15 is 0 Å². The number of nitrogens with one attached hydrogen (secondary N) is 1. The van der Waals surface area contributed by atoms with Gasteiger partial charge < -0.3 is 9.64 Å². The molecule has 0 saturated carbocycles.